The van der Waals surface area contributed by atoms with E-state index < -0.39 is 5.79 Å². The quantitative estimate of drug-likeness (QED) is 0.245. The van der Waals surface area contributed by atoms with E-state index in [9.17, 15) is 9.59 Å². The topological polar surface area (TPSA) is 80.3 Å². The normalized spacial score (nSPS) is 44.8. The molecule has 5 rings (SSSR count). The summed E-state index contributed by atoms with van der Waals surface area (Å²) in [7, 11) is 3.42. The molecule has 0 aromatic rings. The van der Waals surface area contributed by atoms with Crippen molar-refractivity contribution >= 4 is 12.3 Å². The van der Waals surface area contributed by atoms with Gasteiger partial charge in [-0.25, -0.2) is 0 Å². The van der Waals surface area contributed by atoms with Crippen molar-refractivity contribution in [2.24, 2.45) is 40.9 Å². The van der Waals surface area contributed by atoms with E-state index in [4.69, 9.17) is 23.7 Å². The molecule has 214 valence electrons. The van der Waals surface area contributed by atoms with Gasteiger partial charge >= 0.3 is 5.97 Å². The van der Waals surface area contributed by atoms with Crippen LogP contribution in [-0.2, 0) is 33.3 Å². The van der Waals surface area contributed by atoms with E-state index >= 15 is 0 Å². The SMILES string of the molecule is COC(C[C@H]1[C@H](C2=C(C=O)[C@@H]3[C@H](C2)O[C@]2(CC[C@@H](C)CO2)[C@H]3C)CC[C@H]2C[C@@H](OC(C)=O)CC[C@@]21C)OC. The van der Waals surface area contributed by atoms with Crippen LogP contribution in [0.4, 0.5) is 0 Å². The molecule has 2 saturated carbocycles. The first-order valence-corrected chi connectivity index (χ1v) is 14.9. The third-order valence-corrected chi connectivity index (χ3v) is 11.3. The number of hydrogen-bond acceptors (Lipinski definition) is 7. The molecule has 2 aliphatic heterocycles. The maximum atomic E-state index is 12.8. The zero-order chi connectivity index (χ0) is 27.2. The van der Waals surface area contributed by atoms with Crippen LogP contribution in [0.1, 0.15) is 85.5 Å². The molecule has 2 heterocycles. The van der Waals surface area contributed by atoms with Crippen LogP contribution in [0.3, 0.4) is 0 Å². The van der Waals surface area contributed by atoms with Crippen LogP contribution >= 0.6 is 0 Å². The van der Waals surface area contributed by atoms with Crippen LogP contribution < -0.4 is 0 Å². The Morgan fingerprint density at radius 2 is 1.89 bits per heavy atom. The highest BCUT2D eigenvalue weighted by molar-refractivity contribution is 5.77. The van der Waals surface area contributed by atoms with E-state index in [-0.39, 0.29) is 41.7 Å². The van der Waals surface area contributed by atoms with Gasteiger partial charge in [0.15, 0.2) is 12.1 Å². The van der Waals surface area contributed by atoms with E-state index in [0.717, 1.165) is 76.3 Å². The fourth-order valence-corrected chi connectivity index (χ4v) is 9.12. The Bertz CT molecular complexity index is 917. The molecular formula is C31H48O7. The van der Waals surface area contributed by atoms with Gasteiger partial charge in [0.05, 0.1) is 12.7 Å². The minimum atomic E-state index is -0.545. The molecule has 1 spiro atoms. The molecule has 7 heteroatoms. The fraction of sp³-hybridized carbons (Fsp3) is 0.871. The zero-order valence-electron chi connectivity index (χ0n) is 24.2. The lowest BCUT2D eigenvalue weighted by Crippen LogP contribution is -2.50. The van der Waals surface area contributed by atoms with E-state index in [0.29, 0.717) is 23.7 Å². The summed E-state index contributed by atoms with van der Waals surface area (Å²) in [6, 6.07) is 0. The molecule has 38 heavy (non-hydrogen) atoms. The predicted octanol–water partition coefficient (Wildman–Crippen LogP) is 5.45. The molecular weight excluding hydrogens is 484 g/mol. The molecule has 4 fully saturated rings. The number of ether oxygens (including phenoxy) is 5. The molecule has 0 N–H and O–H groups in total. The van der Waals surface area contributed by atoms with Gasteiger partial charge in [0.25, 0.3) is 0 Å². The number of carbonyl (C=O) groups is 2. The summed E-state index contributed by atoms with van der Waals surface area (Å²) in [5.74, 6) is 1.14. The van der Waals surface area contributed by atoms with Crippen LogP contribution in [0.15, 0.2) is 11.1 Å². The summed E-state index contributed by atoms with van der Waals surface area (Å²) in [5.41, 5.74) is 2.33. The first-order chi connectivity index (χ1) is 18.2. The molecule has 0 amide bonds. The third kappa shape index (κ3) is 4.80. The molecule has 0 aromatic carbocycles. The molecule has 2 saturated heterocycles. The van der Waals surface area contributed by atoms with Gasteiger partial charge in [-0.05, 0) is 79.6 Å². The Morgan fingerprint density at radius 1 is 1.13 bits per heavy atom. The number of fused-ring (bicyclic) bond motifs is 2. The molecule has 3 aliphatic carbocycles. The lowest BCUT2D eigenvalue weighted by atomic mass is 9.50. The van der Waals surface area contributed by atoms with Crippen LogP contribution in [0, 0.1) is 40.9 Å². The number of hydrogen-bond donors (Lipinski definition) is 0. The van der Waals surface area contributed by atoms with Gasteiger partial charge in [-0.2, -0.15) is 0 Å². The first kappa shape index (κ1) is 28.3. The smallest absolute Gasteiger partial charge is 0.302 e. The fourth-order valence-electron chi connectivity index (χ4n) is 9.12. The lowest BCUT2D eigenvalue weighted by molar-refractivity contribution is -0.269. The Labute approximate surface area is 228 Å². The number of aldehydes is 1. The van der Waals surface area contributed by atoms with Gasteiger partial charge in [0.2, 0.25) is 0 Å². The van der Waals surface area contributed by atoms with Crippen LogP contribution in [-0.4, -0.2) is 57.4 Å². The van der Waals surface area contributed by atoms with Gasteiger partial charge < -0.3 is 23.7 Å². The number of esters is 1. The minimum Gasteiger partial charge on any atom is -0.463 e. The summed E-state index contributed by atoms with van der Waals surface area (Å²) in [4.78, 5) is 24.4. The van der Waals surface area contributed by atoms with Gasteiger partial charge in [0.1, 0.15) is 12.4 Å². The Hall–Kier alpha value is -1.28. The van der Waals surface area contributed by atoms with Crippen molar-refractivity contribution in [3.8, 4) is 0 Å². The Morgan fingerprint density at radius 3 is 2.53 bits per heavy atom. The predicted molar refractivity (Wildman–Crippen MR) is 142 cm³/mol. The highest BCUT2D eigenvalue weighted by atomic mass is 16.7. The second-order valence-corrected chi connectivity index (χ2v) is 13.2. The van der Waals surface area contributed by atoms with E-state index in [1.54, 1.807) is 14.2 Å². The molecule has 5 aliphatic rings. The Kier molecular flexibility index (Phi) is 8.14. The highest BCUT2D eigenvalue weighted by Crippen LogP contribution is 2.62. The first-order valence-electron chi connectivity index (χ1n) is 14.9. The average Bonchev–Trinajstić information content (AvgIpc) is 3.37. The van der Waals surface area contributed by atoms with Gasteiger partial charge in [-0.1, -0.05) is 26.3 Å². The third-order valence-electron chi connectivity index (χ3n) is 11.3. The molecule has 0 aromatic heterocycles. The minimum absolute atomic E-state index is 0.00246. The average molecular weight is 533 g/mol. The van der Waals surface area contributed by atoms with E-state index in [1.165, 1.54) is 12.5 Å². The standard InChI is InChI=1S/C31H48O7/c1-18-9-12-31(36-17-18)19(2)29-25(16-32)24(14-27(29)38-31)23-8-7-21-13-22(37-20(3)33)10-11-30(21,4)26(23)15-28(34-5)35-6/h16,18-19,21-23,26-29H,7-15,17H2,1-6H3/t18-,19+,21+,22+,23+,26+,27+,29-,30+,31-/m1/s1. The van der Waals surface area contributed by atoms with E-state index in [2.05, 4.69) is 20.8 Å². The number of rotatable bonds is 7. The molecule has 7 nitrogen and oxygen atoms in total. The number of methoxy groups -OCH3 is 2. The molecule has 0 bridgehead atoms. The summed E-state index contributed by atoms with van der Waals surface area (Å²) in [6.45, 7) is 9.11. The van der Waals surface area contributed by atoms with Crippen molar-refractivity contribution in [2.45, 2.75) is 110 Å². The lowest BCUT2D eigenvalue weighted by Gasteiger charge is -2.56. The highest BCUT2D eigenvalue weighted by Gasteiger charge is 2.60. The molecule has 0 unspecified atom stereocenters. The van der Waals surface area contributed by atoms with Crippen LogP contribution in [0.2, 0.25) is 0 Å². The number of carbonyl (C=O) groups excluding carboxylic acids is 2. The van der Waals surface area contributed by atoms with E-state index in [1.807, 2.05) is 0 Å². The summed E-state index contributed by atoms with van der Waals surface area (Å²) in [6.07, 6.45) is 9.35. The van der Waals surface area contributed by atoms with Crippen molar-refractivity contribution in [2.75, 3.05) is 20.8 Å². The zero-order valence-corrected chi connectivity index (χ0v) is 24.2. The Balaban J connectivity index is 1.44. The van der Waals surface area contributed by atoms with Crippen molar-refractivity contribution in [3.05, 3.63) is 11.1 Å². The van der Waals surface area contributed by atoms with Gasteiger partial charge in [0, 0.05) is 45.8 Å². The van der Waals surface area contributed by atoms with Gasteiger partial charge in [-0.3, -0.25) is 9.59 Å². The molecule has 0 radical (unpaired) electrons. The maximum Gasteiger partial charge on any atom is 0.302 e. The largest absolute Gasteiger partial charge is 0.463 e. The van der Waals surface area contributed by atoms with Crippen molar-refractivity contribution in [3.63, 3.8) is 0 Å². The summed E-state index contributed by atoms with van der Waals surface area (Å²) >= 11 is 0. The van der Waals surface area contributed by atoms with Gasteiger partial charge in [-0.15, -0.1) is 0 Å². The second-order valence-electron chi connectivity index (χ2n) is 13.2. The maximum absolute atomic E-state index is 12.8. The van der Waals surface area contributed by atoms with Crippen molar-refractivity contribution in [1.29, 1.82) is 0 Å². The van der Waals surface area contributed by atoms with Crippen molar-refractivity contribution < 1.29 is 33.3 Å². The second kappa shape index (κ2) is 10.9. The summed E-state index contributed by atoms with van der Waals surface area (Å²) in [5, 5.41) is 0. The van der Waals surface area contributed by atoms with Crippen LogP contribution in [0.5, 0.6) is 0 Å². The van der Waals surface area contributed by atoms with Crippen LogP contribution in [0.25, 0.3) is 0 Å². The van der Waals surface area contributed by atoms with Crippen molar-refractivity contribution in [1.82, 2.24) is 0 Å². The summed E-state index contributed by atoms with van der Waals surface area (Å²) < 4.78 is 30.2. The molecule has 10 atom stereocenters. The monoisotopic (exact) mass is 532 g/mol.